The molecular formula is C12H23N3O4. The van der Waals surface area contributed by atoms with Crippen molar-refractivity contribution >= 4 is 17.9 Å². The van der Waals surface area contributed by atoms with Crippen LogP contribution in [0, 0.1) is 0 Å². The first-order chi connectivity index (χ1) is 8.65. The molecule has 3 amide bonds. The van der Waals surface area contributed by atoms with E-state index in [9.17, 15) is 14.4 Å². The van der Waals surface area contributed by atoms with Crippen molar-refractivity contribution in [2.24, 2.45) is 0 Å². The fourth-order valence-corrected chi connectivity index (χ4v) is 1.32. The van der Waals surface area contributed by atoms with Crippen molar-refractivity contribution in [3.63, 3.8) is 0 Å². The van der Waals surface area contributed by atoms with Crippen LogP contribution in [-0.2, 0) is 9.59 Å². The summed E-state index contributed by atoms with van der Waals surface area (Å²) in [6, 6.07) is -1.50. The molecule has 0 saturated heterocycles. The highest BCUT2D eigenvalue weighted by atomic mass is 16.4. The molecule has 0 radical (unpaired) electrons. The van der Waals surface area contributed by atoms with Gasteiger partial charge >= 0.3 is 12.0 Å². The van der Waals surface area contributed by atoms with Crippen LogP contribution in [0.3, 0.4) is 0 Å². The Labute approximate surface area is 113 Å². The molecule has 19 heavy (non-hydrogen) atoms. The van der Waals surface area contributed by atoms with Crippen LogP contribution < -0.4 is 16.0 Å². The molecule has 0 aromatic rings. The zero-order valence-corrected chi connectivity index (χ0v) is 11.9. The minimum atomic E-state index is -1.08. The highest BCUT2D eigenvalue weighted by Gasteiger charge is 2.17. The smallest absolute Gasteiger partial charge is 0.326 e. The van der Waals surface area contributed by atoms with Crippen molar-refractivity contribution in [3.8, 4) is 0 Å². The maximum absolute atomic E-state index is 11.4. The molecule has 0 aliphatic carbocycles. The molecule has 7 nitrogen and oxygen atoms in total. The number of carbonyl (C=O) groups excluding carboxylic acids is 2. The van der Waals surface area contributed by atoms with Gasteiger partial charge in [-0.05, 0) is 27.2 Å². The van der Waals surface area contributed by atoms with E-state index in [1.54, 1.807) is 6.92 Å². The van der Waals surface area contributed by atoms with Crippen molar-refractivity contribution in [2.45, 2.75) is 52.1 Å². The maximum Gasteiger partial charge on any atom is 0.326 e. The molecule has 0 aromatic heterocycles. The SMILES string of the molecule is CC[C@@H](NC(=O)NCCC(=O)NC(C)(C)C)C(=O)O. The molecule has 7 heteroatoms. The summed E-state index contributed by atoms with van der Waals surface area (Å²) >= 11 is 0. The molecule has 4 N–H and O–H groups in total. The summed E-state index contributed by atoms with van der Waals surface area (Å²) in [5.41, 5.74) is -0.310. The molecule has 0 heterocycles. The Morgan fingerprint density at radius 2 is 1.79 bits per heavy atom. The van der Waals surface area contributed by atoms with E-state index in [1.165, 1.54) is 0 Å². The predicted octanol–water partition coefficient (Wildman–Crippen LogP) is 0.454. The van der Waals surface area contributed by atoms with Gasteiger partial charge in [0.25, 0.3) is 0 Å². The van der Waals surface area contributed by atoms with Crippen LogP contribution in [0.2, 0.25) is 0 Å². The van der Waals surface area contributed by atoms with E-state index in [0.29, 0.717) is 6.42 Å². The summed E-state index contributed by atoms with van der Waals surface area (Å²) in [5, 5.41) is 16.3. The minimum Gasteiger partial charge on any atom is -0.480 e. The minimum absolute atomic E-state index is 0.147. The van der Waals surface area contributed by atoms with E-state index >= 15 is 0 Å². The van der Waals surface area contributed by atoms with Crippen molar-refractivity contribution in [1.82, 2.24) is 16.0 Å². The quantitative estimate of drug-likeness (QED) is 0.563. The summed E-state index contributed by atoms with van der Waals surface area (Å²) in [4.78, 5) is 33.5. The second-order valence-electron chi connectivity index (χ2n) is 5.25. The van der Waals surface area contributed by atoms with Gasteiger partial charge in [-0.2, -0.15) is 0 Å². The van der Waals surface area contributed by atoms with Crippen molar-refractivity contribution < 1.29 is 19.5 Å². The first kappa shape index (κ1) is 17.2. The van der Waals surface area contributed by atoms with Gasteiger partial charge in [0.1, 0.15) is 6.04 Å². The van der Waals surface area contributed by atoms with Crippen LogP contribution in [0.25, 0.3) is 0 Å². The molecule has 0 aromatic carbocycles. The predicted molar refractivity (Wildman–Crippen MR) is 70.8 cm³/mol. The summed E-state index contributed by atoms with van der Waals surface area (Å²) in [7, 11) is 0. The molecule has 0 rings (SSSR count). The zero-order chi connectivity index (χ0) is 15.1. The van der Waals surface area contributed by atoms with Gasteiger partial charge < -0.3 is 21.1 Å². The van der Waals surface area contributed by atoms with Crippen LogP contribution in [0.15, 0.2) is 0 Å². The van der Waals surface area contributed by atoms with Gasteiger partial charge in [0.05, 0.1) is 0 Å². The second-order valence-corrected chi connectivity index (χ2v) is 5.25. The molecule has 0 aliphatic heterocycles. The number of carboxylic acid groups (broad SMARTS) is 1. The molecule has 110 valence electrons. The average molecular weight is 273 g/mol. The van der Waals surface area contributed by atoms with Crippen molar-refractivity contribution in [1.29, 1.82) is 0 Å². The second kappa shape index (κ2) is 7.60. The number of carbonyl (C=O) groups is 3. The summed E-state index contributed by atoms with van der Waals surface area (Å²) < 4.78 is 0. The Morgan fingerprint density at radius 1 is 1.21 bits per heavy atom. The lowest BCUT2D eigenvalue weighted by Gasteiger charge is -2.20. The lowest BCUT2D eigenvalue weighted by atomic mass is 10.1. The van der Waals surface area contributed by atoms with Crippen molar-refractivity contribution in [3.05, 3.63) is 0 Å². The first-order valence-corrected chi connectivity index (χ1v) is 6.24. The zero-order valence-electron chi connectivity index (χ0n) is 11.9. The molecule has 0 fully saturated rings. The van der Waals surface area contributed by atoms with Gasteiger partial charge in [0.2, 0.25) is 5.91 Å². The average Bonchev–Trinajstić information content (AvgIpc) is 2.22. The third-order valence-electron chi connectivity index (χ3n) is 2.16. The van der Waals surface area contributed by atoms with Crippen LogP contribution >= 0.6 is 0 Å². The number of rotatable bonds is 6. The Morgan fingerprint density at radius 3 is 2.21 bits per heavy atom. The molecule has 0 aliphatic rings. The topological polar surface area (TPSA) is 108 Å². The number of aliphatic carboxylic acids is 1. The van der Waals surface area contributed by atoms with Crippen LogP contribution in [0.5, 0.6) is 0 Å². The highest BCUT2D eigenvalue weighted by molar-refractivity contribution is 5.83. The summed E-state index contributed by atoms with van der Waals surface area (Å²) in [6.45, 7) is 7.41. The van der Waals surface area contributed by atoms with E-state index in [-0.39, 0.29) is 24.4 Å². The van der Waals surface area contributed by atoms with Gasteiger partial charge in [0.15, 0.2) is 0 Å². The fourth-order valence-electron chi connectivity index (χ4n) is 1.32. The lowest BCUT2D eigenvalue weighted by molar-refractivity contribution is -0.139. The normalized spacial score (nSPS) is 12.4. The Hall–Kier alpha value is -1.79. The van der Waals surface area contributed by atoms with Gasteiger partial charge in [-0.1, -0.05) is 6.92 Å². The van der Waals surface area contributed by atoms with Crippen LogP contribution in [0.1, 0.15) is 40.5 Å². The monoisotopic (exact) mass is 273 g/mol. The van der Waals surface area contributed by atoms with E-state index in [0.717, 1.165) is 0 Å². The lowest BCUT2D eigenvalue weighted by Crippen LogP contribution is -2.47. The number of urea groups is 1. The standard InChI is InChI=1S/C12H23N3O4/c1-5-8(10(17)18)14-11(19)13-7-6-9(16)15-12(2,3)4/h8H,5-7H2,1-4H3,(H,15,16)(H,17,18)(H2,13,14,19)/t8-/m1/s1. The molecule has 0 bridgehead atoms. The Kier molecular flexibility index (Phi) is 6.89. The fraction of sp³-hybridized carbons (Fsp3) is 0.750. The molecule has 0 unspecified atom stereocenters. The van der Waals surface area contributed by atoms with Crippen LogP contribution in [0.4, 0.5) is 4.79 Å². The van der Waals surface area contributed by atoms with Crippen LogP contribution in [-0.4, -0.2) is 41.1 Å². The number of hydrogen-bond donors (Lipinski definition) is 4. The Balaban J connectivity index is 3.92. The third-order valence-corrected chi connectivity index (χ3v) is 2.16. The van der Waals surface area contributed by atoms with Gasteiger partial charge in [0, 0.05) is 18.5 Å². The number of hydrogen-bond acceptors (Lipinski definition) is 3. The van der Waals surface area contributed by atoms with E-state index < -0.39 is 18.0 Å². The molecule has 0 spiro atoms. The van der Waals surface area contributed by atoms with E-state index in [2.05, 4.69) is 16.0 Å². The summed E-state index contributed by atoms with van der Waals surface area (Å²) in [6.07, 6.45) is 0.446. The molecular weight excluding hydrogens is 250 g/mol. The highest BCUT2D eigenvalue weighted by Crippen LogP contribution is 1.98. The van der Waals surface area contributed by atoms with E-state index in [4.69, 9.17) is 5.11 Å². The number of nitrogens with one attached hydrogen (secondary N) is 3. The van der Waals surface area contributed by atoms with E-state index in [1.807, 2.05) is 20.8 Å². The van der Waals surface area contributed by atoms with Crippen molar-refractivity contribution in [2.75, 3.05) is 6.54 Å². The van der Waals surface area contributed by atoms with Gasteiger partial charge in [-0.25, -0.2) is 9.59 Å². The molecule has 0 saturated carbocycles. The first-order valence-electron chi connectivity index (χ1n) is 6.24. The maximum atomic E-state index is 11.4. The molecule has 1 atom stereocenters. The summed E-state index contributed by atoms with van der Waals surface area (Å²) in [5.74, 6) is -1.25. The Bertz CT molecular complexity index is 336. The number of amides is 3. The van der Waals surface area contributed by atoms with Gasteiger partial charge in [-0.15, -0.1) is 0 Å². The largest absolute Gasteiger partial charge is 0.480 e. The third kappa shape index (κ3) is 8.87. The van der Waals surface area contributed by atoms with Gasteiger partial charge in [-0.3, -0.25) is 4.79 Å². The number of carboxylic acids is 1.